The number of hydrogen-bond acceptors (Lipinski definition) is 3. The van der Waals surface area contributed by atoms with Crippen molar-refractivity contribution in [1.29, 1.82) is 0 Å². The predicted octanol–water partition coefficient (Wildman–Crippen LogP) is 3.20. The number of rotatable bonds is 14. The average molecular weight is 288 g/mol. The van der Waals surface area contributed by atoms with E-state index in [0.717, 1.165) is 51.4 Å². The third-order valence-electron chi connectivity index (χ3n) is 3.36. The molecule has 0 heterocycles. The first-order valence-electron chi connectivity index (χ1n) is 7.64. The van der Waals surface area contributed by atoms with Crippen molar-refractivity contribution in [2.45, 2.75) is 83.2 Å². The first kappa shape index (κ1) is 18.9. The molecule has 0 aromatic carbocycles. The zero-order valence-electron chi connectivity index (χ0n) is 12.2. The zero-order chi connectivity index (χ0) is 15.2. The molecule has 1 atom stereocenters. The Morgan fingerprint density at radius 3 is 1.50 bits per heavy atom. The number of aliphatic carboxylic acids is 2. The minimum Gasteiger partial charge on any atom is -0.481 e. The second-order valence-corrected chi connectivity index (χ2v) is 5.35. The Morgan fingerprint density at radius 1 is 0.650 bits per heavy atom. The van der Waals surface area contributed by atoms with Crippen molar-refractivity contribution < 1.29 is 24.9 Å². The maximum absolute atomic E-state index is 10.3. The molecule has 0 aliphatic carbocycles. The SMILES string of the molecule is O=C(O)CCCCCCCCC(O)CCCCC(=O)O. The summed E-state index contributed by atoms with van der Waals surface area (Å²) in [6.45, 7) is 0. The van der Waals surface area contributed by atoms with E-state index in [-0.39, 0.29) is 18.9 Å². The Labute approximate surface area is 121 Å². The van der Waals surface area contributed by atoms with E-state index in [1.807, 2.05) is 0 Å². The normalized spacial score (nSPS) is 12.2. The van der Waals surface area contributed by atoms with Crippen LogP contribution >= 0.6 is 0 Å². The molecule has 0 saturated carbocycles. The number of hydrogen-bond donors (Lipinski definition) is 3. The fourth-order valence-electron chi connectivity index (χ4n) is 2.16. The maximum atomic E-state index is 10.3. The molecule has 0 rings (SSSR count). The lowest BCUT2D eigenvalue weighted by Crippen LogP contribution is -2.06. The minimum atomic E-state index is -0.776. The van der Waals surface area contributed by atoms with Crippen LogP contribution in [0.5, 0.6) is 0 Å². The lowest BCUT2D eigenvalue weighted by atomic mass is 10.0. The Kier molecular flexibility index (Phi) is 12.2. The van der Waals surface area contributed by atoms with Crippen molar-refractivity contribution >= 4 is 11.9 Å². The number of carboxylic acid groups (broad SMARTS) is 2. The predicted molar refractivity (Wildman–Crippen MR) is 76.7 cm³/mol. The molecule has 5 heteroatoms. The molecule has 0 fully saturated rings. The van der Waals surface area contributed by atoms with Crippen molar-refractivity contribution in [3.63, 3.8) is 0 Å². The smallest absolute Gasteiger partial charge is 0.303 e. The molecule has 3 N–H and O–H groups in total. The molecule has 5 nitrogen and oxygen atoms in total. The van der Waals surface area contributed by atoms with Crippen LogP contribution in [-0.4, -0.2) is 33.4 Å². The van der Waals surface area contributed by atoms with Gasteiger partial charge in [-0.25, -0.2) is 0 Å². The summed E-state index contributed by atoms with van der Waals surface area (Å²) in [7, 11) is 0. The van der Waals surface area contributed by atoms with Gasteiger partial charge in [-0.2, -0.15) is 0 Å². The Hall–Kier alpha value is -1.10. The number of aliphatic hydroxyl groups excluding tert-OH is 1. The van der Waals surface area contributed by atoms with E-state index >= 15 is 0 Å². The van der Waals surface area contributed by atoms with Crippen LogP contribution in [0.4, 0.5) is 0 Å². The summed E-state index contributed by atoms with van der Waals surface area (Å²) in [6.07, 6.45) is 8.91. The lowest BCUT2D eigenvalue weighted by molar-refractivity contribution is -0.138. The van der Waals surface area contributed by atoms with Gasteiger partial charge in [-0.15, -0.1) is 0 Å². The molecule has 118 valence electrons. The summed E-state index contributed by atoms with van der Waals surface area (Å²) < 4.78 is 0. The third-order valence-corrected chi connectivity index (χ3v) is 3.36. The first-order chi connectivity index (χ1) is 9.52. The van der Waals surface area contributed by atoms with Crippen LogP contribution in [-0.2, 0) is 9.59 Å². The van der Waals surface area contributed by atoms with Gasteiger partial charge >= 0.3 is 11.9 Å². The second-order valence-electron chi connectivity index (χ2n) is 5.35. The third kappa shape index (κ3) is 15.0. The molecule has 0 aliphatic rings. The maximum Gasteiger partial charge on any atom is 0.303 e. The standard InChI is InChI=1S/C15H28O5/c16-13(10-7-8-12-15(19)20)9-5-3-1-2-4-6-11-14(17)18/h13,16H,1-12H2,(H,17,18)(H,19,20). The van der Waals surface area contributed by atoms with Gasteiger partial charge in [-0.05, 0) is 25.7 Å². The van der Waals surface area contributed by atoms with Crippen LogP contribution in [0, 0.1) is 0 Å². The monoisotopic (exact) mass is 288 g/mol. The molecule has 0 aromatic heterocycles. The average Bonchev–Trinajstić information content (AvgIpc) is 2.37. The molecule has 0 amide bonds. The molecular weight excluding hydrogens is 260 g/mol. The van der Waals surface area contributed by atoms with Crippen molar-refractivity contribution in [3.8, 4) is 0 Å². The van der Waals surface area contributed by atoms with E-state index in [1.165, 1.54) is 0 Å². The quantitative estimate of drug-likeness (QED) is 0.427. The van der Waals surface area contributed by atoms with Gasteiger partial charge in [0.05, 0.1) is 6.10 Å². The van der Waals surface area contributed by atoms with E-state index in [2.05, 4.69) is 0 Å². The van der Waals surface area contributed by atoms with Crippen molar-refractivity contribution in [2.75, 3.05) is 0 Å². The summed E-state index contributed by atoms with van der Waals surface area (Å²) >= 11 is 0. The highest BCUT2D eigenvalue weighted by Crippen LogP contribution is 2.13. The van der Waals surface area contributed by atoms with Crippen LogP contribution in [0.15, 0.2) is 0 Å². The van der Waals surface area contributed by atoms with Crippen molar-refractivity contribution in [2.24, 2.45) is 0 Å². The molecule has 0 aromatic rings. The van der Waals surface area contributed by atoms with Crippen LogP contribution < -0.4 is 0 Å². The summed E-state index contributed by atoms with van der Waals surface area (Å²) in [4.78, 5) is 20.6. The van der Waals surface area contributed by atoms with Crippen LogP contribution in [0.2, 0.25) is 0 Å². The van der Waals surface area contributed by atoms with Gasteiger partial charge in [0.25, 0.3) is 0 Å². The van der Waals surface area contributed by atoms with Gasteiger partial charge in [0.15, 0.2) is 0 Å². The molecule has 0 spiro atoms. The van der Waals surface area contributed by atoms with E-state index in [0.29, 0.717) is 12.8 Å². The van der Waals surface area contributed by atoms with Gasteiger partial charge in [0.1, 0.15) is 0 Å². The highest BCUT2D eigenvalue weighted by molar-refractivity contribution is 5.66. The summed E-state index contributed by atoms with van der Waals surface area (Å²) in [5.41, 5.74) is 0. The molecule has 0 saturated heterocycles. The number of carbonyl (C=O) groups is 2. The molecule has 0 bridgehead atoms. The molecule has 0 radical (unpaired) electrons. The highest BCUT2D eigenvalue weighted by Gasteiger charge is 2.05. The molecule has 20 heavy (non-hydrogen) atoms. The van der Waals surface area contributed by atoms with Crippen LogP contribution in [0.25, 0.3) is 0 Å². The number of unbranched alkanes of at least 4 members (excludes halogenated alkanes) is 6. The second kappa shape index (κ2) is 12.9. The number of carboxylic acids is 2. The van der Waals surface area contributed by atoms with Gasteiger partial charge in [-0.1, -0.05) is 38.5 Å². The van der Waals surface area contributed by atoms with Gasteiger partial charge < -0.3 is 15.3 Å². The fourth-order valence-corrected chi connectivity index (χ4v) is 2.16. The number of aliphatic hydroxyl groups is 1. The Morgan fingerprint density at radius 2 is 1.00 bits per heavy atom. The van der Waals surface area contributed by atoms with Crippen molar-refractivity contribution in [1.82, 2.24) is 0 Å². The van der Waals surface area contributed by atoms with Crippen LogP contribution in [0.1, 0.15) is 77.0 Å². The van der Waals surface area contributed by atoms with E-state index < -0.39 is 11.9 Å². The minimum absolute atomic E-state index is 0.184. The zero-order valence-corrected chi connectivity index (χ0v) is 12.2. The van der Waals surface area contributed by atoms with E-state index in [4.69, 9.17) is 10.2 Å². The summed E-state index contributed by atoms with van der Waals surface area (Å²) in [5, 5.41) is 26.7. The highest BCUT2D eigenvalue weighted by atomic mass is 16.4. The first-order valence-corrected chi connectivity index (χ1v) is 7.64. The summed E-state index contributed by atoms with van der Waals surface area (Å²) in [5.74, 6) is -1.50. The lowest BCUT2D eigenvalue weighted by Gasteiger charge is -2.09. The van der Waals surface area contributed by atoms with E-state index in [9.17, 15) is 14.7 Å². The molecule has 1 unspecified atom stereocenters. The Bertz CT molecular complexity index is 265. The summed E-state index contributed by atoms with van der Waals surface area (Å²) in [6, 6.07) is 0. The largest absolute Gasteiger partial charge is 0.481 e. The fraction of sp³-hybridized carbons (Fsp3) is 0.867. The Balaban J connectivity index is 3.20. The van der Waals surface area contributed by atoms with Gasteiger partial charge in [0.2, 0.25) is 0 Å². The topological polar surface area (TPSA) is 94.8 Å². The van der Waals surface area contributed by atoms with Crippen molar-refractivity contribution in [3.05, 3.63) is 0 Å². The van der Waals surface area contributed by atoms with Crippen LogP contribution in [0.3, 0.4) is 0 Å². The van der Waals surface area contributed by atoms with Gasteiger partial charge in [-0.3, -0.25) is 9.59 Å². The molecular formula is C15H28O5. The van der Waals surface area contributed by atoms with E-state index in [1.54, 1.807) is 0 Å². The molecule has 0 aliphatic heterocycles. The van der Waals surface area contributed by atoms with Gasteiger partial charge in [0, 0.05) is 12.8 Å².